The second-order valence-electron chi connectivity index (χ2n) is 7.37. The van der Waals surface area contributed by atoms with Crippen LogP contribution in [0.2, 0.25) is 0 Å². The second-order valence-corrected chi connectivity index (χ2v) is 7.37. The largest absolute Gasteiger partial charge is 1.00 e. The van der Waals surface area contributed by atoms with E-state index in [0.29, 0.717) is 23.2 Å². The van der Waals surface area contributed by atoms with E-state index in [1.807, 2.05) is 36.4 Å². The molecule has 5 rings (SSSR count). The number of hydrogen-bond acceptors (Lipinski definition) is 10. The summed E-state index contributed by atoms with van der Waals surface area (Å²) in [5.74, 6) is -2.63. The van der Waals surface area contributed by atoms with E-state index >= 15 is 0 Å². The molecule has 0 unspecified atom stereocenters. The van der Waals surface area contributed by atoms with Crippen molar-refractivity contribution in [2.75, 3.05) is 0 Å². The fourth-order valence-electron chi connectivity index (χ4n) is 3.17. The van der Waals surface area contributed by atoms with E-state index in [1.165, 1.54) is 0 Å². The molecule has 0 atom stereocenters. The Morgan fingerprint density at radius 2 is 1.21 bits per heavy atom. The van der Waals surface area contributed by atoms with Gasteiger partial charge < -0.3 is 20.4 Å². The van der Waals surface area contributed by atoms with E-state index in [4.69, 9.17) is 5.11 Å². The number of aromatic carboxylic acids is 1. The molecule has 0 spiro atoms. The molecule has 0 aliphatic heterocycles. The summed E-state index contributed by atoms with van der Waals surface area (Å²) in [5.41, 5.74) is -1.62. The summed E-state index contributed by atoms with van der Waals surface area (Å²) in [4.78, 5) is 37.1. The van der Waals surface area contributed by atoms with Gasteiger partial charge in [-0.25, -0.2) is 4.79 Å². The molecule has 3 N–H and O–H groups in total. The molecule has 3 aromatic carbocycles. The van der Waals surface area contributed by atoms with Gasteiger partial charge in [0.15, 0.2) is 0 Å². The number of nitrogens with zero attached hydrogens (tertiary/aromatic N) is 4. The fourth-order valence-corrected chi connectivity index (χ4v) is 3.17. The number of carbonyl (C=O) groups is 1. The maximum Gasteiger partial charge on any atom is 1.00 e. The predicted octanol–water partition coefficient (Wildman–Crippen LogP) is 4.15. The van der Waals surface area contributed by atoms with Gasteiger partial charge in [-0.15, -0.1) is 0 Å². The number of rotatable bonds is 3. The molecule has 2 heterocycles. The maximum atomic E-state index is 11.2. The average molecular weight is 625 g/mol. The molecule has 39 heavy (non-hydrogen) atoms. The van der Waals surface area contributed by atoms with Crippen molar-refractivity contribution in [3.8, 4) is 17.2 Å². The van der Waals surface area contributed by atoms with Gasteiger partial charge in [0.25, 0.3) is 11.4 Å². The van der Waals surface area contributed by atoms with Crippen LogP contribution in [0.15, 0.2) is 85.2 Å². The molecular weight excluding hydrogens is 608 g/mol. The number of phenolic OH excluding ortho intramolecular Hbond substituents is 2. The maximum absolute atomic E-state index is 11.2. The Bertz CT molecular complexity index is 1540. The molecule has 0 bridgehead atoms. The minimum Gasteiger partial charge on any atom is -0.867 e. The Labute approximate surface area is 234 Å². The monoisotopic (exact) mass is 624 g/mol. The Hall–Kier alpha value is -5.11. The molecule has 2 aromatic heterocycles. The van der Waals surface area contributed by atoms with Crippen molar-refractivity contribution in [3.05, 3.63) is 111 Å². The van der Waals surface area contributed by atoms with Crippen molar-refractivity contribution in [1.82, 2.24) is 9.97 Å². The van der Waals surface area contributed by atoms with Crippen LogP contribution in [0.1, 0.15) is 10.4 Å². The summed E-state index contributed by atoms with van der Waals surface area (Å²) < 4.78 is 0. The van der Waals surface area contributed by atoms with Crippen LogP contribution in [0, 0.1) is 20.2 Å². The minimum atomic E-state index is -1.75. The molecule has 0 saturated heterocycles. The summed E-state index contributed by atoms with van der Waals surface area (Å²) in [6.07, 6.45) is 3.34. The van der Waals surface area contributed by atoms with Crippen molar-refractivity contribution >= 4 is 39.1 Å². The second kappa shape index (κ2) is 13.4. The zero-order valence-electron chi connectivity index (χ0n) is 19.5. The van der Waals surface area contributed by atoms with Gasteiger partial charge in [-0.3, -0.25) is 30.2 Å². The number of aromatic nitrogens is 2. The molecular formula is C25H17AgN4O9. The van der Waals surface area contributed by atoms with Crippen molar-refractivity contribution in [2.24, 2.45) is 0 Å². The summed E-state index contributed by atoms with van der Waals surface area (Å²) >= 11 is 0. The predicted molar refractivity (Wildman–Crippen MR) is 133 cm³/mol. The third-order valence-electron chi connectivity index (χ3n) is 4.91. The number of nitro groups is 2. The number of para-hydroxylation sites is 2. The Balaban J connectivity index is 0.000000207. The van der Waals surface area contributed by atoms with Crippen LogP contribution < -0.4 is 5.11 Å². The standard InChI is InChI=1S/2C9H7NO.C7H4N2O7.Ag/c2*11-8-5-1-3-7-4-2-6-10-9(7)8;10-6-4(7(11)12)1-3(8(13)14)2-5(6)9(15)16;/h2*1-6,11H;1-2,10H,(H,11,12);/q;;;+1/p-1. The number of carboxylic acid groups (broad SMARTS) is 1. The molecule has 0 aliphatic carbocycles. The Kier molecular flexibility index (Phi) is 10.4. The molecule has 0 amide bonds. The van der Waals surface area contributed by atoms with E-state index in [9.17, 15) is 40.3 Å². The quantitative estimate of drug-likeness (QED) is 0.147. The van der Waals surface area contributed by atoms with E-state index in [-0.39, 0.29) is 33.9 Å². The fraction of sp³-hybridized carbons (Fsp3) is 0. The molecule has 13 nitrogen and oxygen atoms in total. The molecule has 202 valence electrons. The first kappa shape index (κ1) is 30.1. The normalized spacial score (nSPS) is 9.74. The molecule has 0 aliphatic rings. The van der Waals surface area contributed by atoms with E-state index in [1.54, 1.807) is 36.7 Å². The van der Waals surface area contributed by atoms with Crippen molar-refractivity contribution in [2.45, 2.75) is 0 Å². The van der Waals surface area contributed by atoms with Gasteiger partial charge in [0, 0.05) is 29.2 Å². The average Bonchev–Trinajstić information content (AvgIpc) is 2.90. The minimum absolute atomic E-state index is 0. The van der Waals surface area contributed by atoms with E-state index < -0.39 is 38.5 Å². The van der Waals surface area contributed by atoms with Crippen LogP contribution in [0.4, 0.5) is 11.4 Å². The van der Waals surface area contributed by atoms with Gasteiger partial charge in [0.2, 0.25) is 0 Å². The summed E-state index contributed by atoms with van der Waals surface area (Å²) in [6.45, 7) is 0. The van der Waals surface area contributed by atoms with Crippen molar-refractivity contribution in [1.29, 1.82) is 0 Å². The summed E-state index contributed by atoms with van der Waals surface area (Å²) in [7, 11) is 0. The van der Waals surface area contributed by atoms with Gasteiger partial charge in [-0.05, 0) is 30.0 Å². The van der Waals surface area contributed by atoms with Crippen LogP contribution in [0.5, 0.6) is 17.2 Å². The smallest absolute Gasteiger partial charge is 0.867 e. The van der Waals surface area contributed by atoms with Gasteiger partial charge in [0.05, 0.1) is 21.5 Å². The number of pyridine rings is 2. The number of carboxylic acids is 1. The number of benzene rings is 3. The van der Waals surface area contributed by atoms with E-state index in [2.05, 4.69) is 9.97 Å². The molecule has 0 saturated carbocycles. The summed E-state index contributed by atoms with van der Waals surface area (Å²) in [5, 5.41) is 61.0. The molecule has 14 heteroatoms. The Morgan fingerprint density at radius 1 is 0.744 bits per heavy atom. The number of phenols is 2. The van der Waals surface area contributed by atoms with Crippen LogP contribution in [-0.4, -0.2) is 41.1 Å². The zero-order chi connectivity index (χ0) is 27.8. The SMILES string of the molecule is O=C(O)c1cc([N+](=O)[O-])cc([N+](=O)[O-])c1[O-].Oc1cccc2cccnc12.Oc1cccc2cccnc12.[Ag+]. The first-order valence-electron chi connectivity index (χ1n) is 10.5. The number of non-ortho nitro benzene ring substituents is 1. The first-order chi connectivity index (χ1) is 18.1. The number of nitro benzene ring substituents is 2. The number of fused-ring (bicyclic) bond motifs is 2. The van der Waals surface area contributed by atoms with Gasteiger partial charge >= 0.3 is 28.3 Å². The van der Waals surface area contributed by atoms with Gasteiger partial charge in [-0.2, -0.15) is 0 Å². The van der Waals surface area contributed by atoms with Crippen LogP contribution in [0.25, 0.3) is 21.8 Å². The number of aromatic hydroxyl groups is 2. The topological polar surface area (TPSA) is 213 Å². The van der Waals surface area contributed by atoms with Gasteiger partial charge in [0.1, 0.15) is 22.5 Å². The first-order valence-corrected chi connectivity index (χ1v) is 10.5. The molecule has 0 radical (unpaired) electrons. The van der Waals surface area contributed by atoms with Crippen LogP contribution >= 0.6 is 0 Å². The number of hydrogen-bond donors (Lipinski definition) is 3. The van der Waals surface area contributed by atoms with Crippen molar-refractivity contribution < 1.29 is 57.4 Å². The third kappa shape index (κ3) is 7.45. The molecule has 5 aromatic rings. The molecule has 0 fully saturated rings. The van der Waals surface area contributed by atoms with Crippen LogP contribution in [-0.2, 0) is 22.4 Å². The zero-order valence-corrected chi connectivity index (χ0v) is 20.9. The van der Waals surface area contributed by atoms with E-state index in [0.717, 1.165) is 10.8 Å². The summed E-state index contributed by atoms with van der Waals surface area (Å²) in [6, 6.07) is 19.2. The van der Waals surface area contributed by atoms with Crippen LogP contribution in [0.3, 0.4) is 0 Å². The van der Waals surface area contributed by atoms with Gasteiger partial charge in [-0.1, -0.05) is 36.4 Å². The third-order valence-corrected chi connectivity index (χ3v) is 4.91. The Morgan fingerprint density at radius 3 is 1.59 bits per heavy atom. The van der Waals surface area contributed by atoms with Crippen molar-refractivity contribution in [3.63, 3.8) is 0 Å².